The Balaban J connectivity index is 1.81. The lowest BCUT2D eigenvalue weighted by Crippen LogP contribution is -2.74. The second kappa shape index (κ2) is 12.1. The summed E-state index contributed by atoms with van der Waals surface area (Å²) < 4.78 is 61.7. The van der Waals surface area contributed by atoms with Gasteiger partial charge in [-0.2, -0.15) is 26.3 Å². The van der Waals surface area contributed by atoms with E-state index in [-0.39, 0.29) is 25.6 Å². The molecule has 24 heteroatoms. The van der Waals surface area contributed by atoms with Gasteiger partial charge in [0.05, 0.1) is 18.3 Å². The molecular formula is C19H24N8O13S3. The van der Waals surface area contributed by atoms with Crippen LogP contribution in [0.15, 0.2) is 27.5 Å². The molecule has 1 aliphatic heterocycles. The molecule has 2 aromatic rings. The Morgan fingerprint density at radius 1 is 1.21 bits per heavy atom. The number of carbonyl (C=O) groups excluding carboxylic acids is 2. The van der Waals surface area contributed by atoms with Crippen molar-refractivity contribution >= 4 is 60.5 Å². The molecule has 1 fully saturated rings. The van der Waals surface area contributed by atoms with Gasteiger partial charge < -0.3 is 31.3 Å². The number of nitrogens with one attached hydrogen (secondary N) is 3. The molecule has 0 spiro atoms. The van der Waals surface area contributed by atoms with Gasteiger partial charge in [0.2, 0.25) is 5.60 Å². The smallest absolute Gasteiger partial charge is 0.362 e. The minimum atomic E-state index is -5.25. The Kier molecular flexibility index (Phi) is 9.32. The maximum absolute atomic E-state index is 13.1. The highest BCUT2D eigenvalue weighted by Crippen LogP contribution is 2.24. The van der Waals surface area contributed by atoms with E-state index < -0.39 is 86.1 Å². The van der Waals surface area contributed by atoms with E-state index in [1.54, 1.807) is 0 Å². The van der Waals surface area contributed by atoms with Crippen LogP contribution in [-0.2, 0) is 46.3 Å². The van der Waals surface area contributed by atoms with Gasteiger partial charge in [0, 0.05) is 24.1 Å². The van der Waals surface area contributed by atoms with Crippen LogP contribution in [-0.4, -0.2) is 98.6 Å². The van der Waals surface area contributed by atoms with Crippen molar-refractivity contribution in [3.63, 3.8) is 0 Å². The molecule has 9 N–H and O–H groups in total. The number of nitrogen functional groups attached to an aromatic ring is 1. The van der Waals surface area contributed by atoms with Gasteiger partial charge in [-0.25, -0.2) is 18.8 Å². The number of carboxylic acids is 1. The first-order valence-electron chi connectivity index (χ1n) is 11.4. The van der Waals surface area contributed by atoms with Crippen molar-refractivity contribution in [1.82, 2.24) is 28.8 Å². The number of hydrogen-bond donors (Lipinski definition) is 8. The van der Waals surface area contributed by atoms with Crippen molar-refractivity contribution < 1.29 is 56.0 Å². The van der Waals surface area contributed by atoms with Crippen LogP contribution in [0.4, 0.5) is 5.13 Å². The molecule has 2 amide bonds. The molecule has 1 aliphatic rings. The first-order chi connectivity index (χ1) is 19.7. The van der Waals surface area contributed by atoms with Gasteiger partial charge in [-0.05, 0) is 13.8 Å². The zero-order valence-corrected chi connectivity index (χ0v) is 24.3. The van der Waals surface area contributed by atoms with Crippen LogP contribution in [0.5, 0.6) is 5.75 Å². The normalized spacial score (nSPS) is 17.8. The number of carbonyl (C=O) groups is 3. The highest BCUT2D eigenvalue weighted by atomic mass is 32.2. The van der Waals surface area contributed by atoms with E-state index in [4.69, 9.17) is 10.6 Å². The van der Waals surface area contributed by atoms with Crippen LogP contribution >= 0.6 is 11.3 Å². The van der Waals surface area contributed by atoms with Gasteiger partial charge in [-0.1, -0.05) is 5.16 Å². The third kappa shape index (κ3) is 7.73. The zero-order chi connectivity index (χ0) is 32.5. The number of aromatic hydroxyl groups is 1. The maximum Gasteiger partial charge on any atom is 0.362 e. The van der Waals surface area contributed by atoms with E-state index in [1.165, 1.54) is 5.38 Å². The molecule has 0 aliphatic carbocycles. The monoisotopic (exact) mass is 668 g/mol. The van der Waals surface area contributed by atoms with Gasteiger partial charge in [0.15, 0.2) is 10.8 Å². The van der Waals surface area contributed by atoms with Gasteiger partial charge in [0.1, 0.15) is 17.5 Å². The number of nitrogens with two attached hydrogens (primary N) is 1. The third-order valence-electron chi connectivity index (χ3n) is 5.56. The molecule has 0 bridgehead atoms. The molecule has 1 saturated heterocycles. The molecule has 2 atom stereocenters. The number of hydrogen-bond acceptors (Lipinski definition) is 15. The average Bonchev–Trinajstić information content (AvgIpc) is 3.30. The highest BCUT2D eigenvalue weighted by molar-refractivity contribution is 7.87. The molecule has 236 valence electrons. The minimum Gasteiger partial charge on any atom is -0.508 e. The third-order valence-corrected chi connectivity index (χ3v) is 8.25. The standard InChI is InChI=1S/C19H24N8O13S3/c1-19(2,17(32)33)40-25-13(10-7-41-18(20)23-10)15(30)24-14-11(27(16(14)31)43(37,38)39)6-22-42(35,36)21-5-8-3-9(28)4-12(29)26(8)34/h3-4,7,11,14,21-22,28,34H,5-6H2,1-2H3,(H2,20,23)(H,24,30)(H,32,33)(H,37,38,39)/t11-,14-/m0/s1. The van der Waals surface area contributed by atoms with Crippen LogP contribution in [0.1, 0.15) is 25.2 Å². The number of anilines is 1. The molecule has 0 saturated carbocycles. The number of amides is 2. The SMILES string of the molecule is CC(C)(ON=C(C(=O)N[C@@H]1C(=O)N(S(=O)(=O)O)[C@H]1CNS(=O)(=O)NCc1cc(O)cc(=O)n1O)c1csc(N)n1)C(=O)O. The number of oxime groups is 1. The van der Waals surface area contributed by atoms with Crippen LogP contribution < -0.4 is 26.1 Å². The van der Waals surface area contributed by atoms with E-state index in [1.807, 2.05) is 9.44 Å². The predicted molar refractivity (Wildman–Crippen MR) is 143 cm³/mol. The number of thiazole rings is 1. The summed E-state index contributed by atoms with van der Waals surface area (Å²) in [5, 5.41) is 35.3. The second-order valence-corrected chi connectivity index (χ2v) is 12.8. The van der Waals surface area contributed by atoms with Gasteiger partial charge >= 0.3 is 16.3 Å². The summed E-state index contributed by atoms with van der Waals surface area (Å²) in [7, 11) is -9.83. The Morgan fingerprint density at radius 2 is 1.86 bits per heavy atom. The highest BCUT2D eigenvalue weighted by Gasteiger charge is 2.54. The lowest BCUT2D eigenvalue weighted by Gasteiger charge is -2.44. The summed E-state index contributed by atoms with van der Waals surface area (Å²) in [6.07, 6.45) is 0. The molecular weight excluding hydrogens is 644 g/mol. The zero-order valence-electron chi connectivity index (χ0n) is 21.9. The van der Waals surface area contributed by atoms with Crippen molar-refractivity contribution in [2.24, 2.45) is 5.16 Å². The lowest BCUT2D eigenvalue weighted by atomic mass is 9.98. The first-order valence-corrected chi connectivity index (χ1v) is 15.2. The maximum atomic E-state index is 13.1. The van der Waals surface area contributed by atoms with Crippen LogP contribution in [0, 0.1) is 0 Å². The quantitative estimate of drug-likeness (QED) is 0.0338. The topological polar surface area (TPSA) is 322 Å². The largest absolute Gasteiger partial charge is 0.508 e. The number of rotatable bonds is 13. The Morgan fingerprint density at radius 3 is 2.42 bits per heavy atom. The molecule has 21 nitrogen and oxygen atoms in total. The Labute approximate surface area is 245 Å². The Bertz CT molecular complexity index is 1750. The molecule has 0 radical (unpaired) electrons. The number of nitrogens with zero attached hydrogens (tertiary/aromatic N) is 4. The molecule has 3 rings (SSSR count). The molecule has 0 aromatic carbocycles. The molecule has 43 heavy (non-hydrogen) atoms. The van der Waals surface area contributed by atoms with Crippen molar-refractivity contribution in [2.75, 3.05) is 12.3 Å². The van der Waals surface area contributed by atoms with Crippen molar-refractivity contribution in [3.8, 4) is 5.75 Å². The van der Waals surface area contributed by atoms with Crippen molar-refractivity contribution in [3.05, 3.63) is 39.3 Å². The fourth-order valence-electron chi connectivity index (χ4n) is 3.31. The lowest BCUT2D eigenvalue weighted by molar-refractivity contribution is -0.161. The van der Waals surface area contributed by atoms with Gasteiger partial charge in [-0.3, -0.25) is 18.9 Å². The van der Waals surface area contributed by atoms with E-state index in [0.717, 1.165) is 31.3 Å². The van der Waals surface area contributed by atoms with E-state index >= 15 is 0 Å². The molecule has 0 unspecified atom stereocenters. The summed E-state index contributed by atoms with van der Waals surface area (Å²) in [5.41, 5.74) is 1.29. The minimum absolute atomic E-state index is 0.0334. The van der Waals surface area contributed by atoms with Crippen molar-refractivity contribution in [1.29, 1.82) is 0 Å². The van der Waals surface area contributed by atoms with E-state index in [0.29, 0.717) is 6.07 Å². The first kappa shape index (κ1) is 33.1. The Hall–Kier alpha value is -4.36. The fourth-order valence-corrected chi connectivity index (χ4v) is 5.57. The van der Waals surface area contributed by atoms with Crippen LogP contribution in [0.25, 0.3) is 0 Å². The number of aliphatic carboxylic acids is 1. The molecule has 2 aromatic heterocycles. The number of carboxylic acid groups (broad SMARTS) is 1. The van der Waals surface area contributed by atoms with Crippen LogP contribution in [0.3, 0.4) is 0 Å². The summed E-state index contributed by atoms with van der Waals surface area (Å²) in [4.78, 5) is 57.4. The van der Waals surface area contributed by atoms with Crippen LogP contribution in [0.2, 0.25) is 0 Å². The summed E-state index contributed by atoms with van der Waals surface area (Å²) >= 11 is 0.864. The molecule has 3 heterocycles. The van der Waals surface area contributed by atoms with E-state index in [2.05, 4.69) is 15.5 Å². The number of β-lactam (4-membered cyclic amide) rings is 1. The average molecular weight is 669 g/mol. The fraction of sp³-hybridized carbons (Fsp3) is 0.368. The predicted octanol–water partition coefficient (Wildman–Crippen LogP) is -3.46. The summed E-state index contributed by atoms with van der Waals surface area (Å²) in [6.45, 7) is 0.556. The summed E-state index contributed by atoms with van der Waals surface area (Å²) in [5.74, 6) is -4.65. The van der Waals surface area contributed by atoms with Gasteiger partial charge in [0.25, 0.3) is 27.6 Å². The van der Waals surface area contributed by atoms with Gasteiger partial charge in [-0.15, -0.1) is 11.3 Å². The van der Waals surface area contributed by atoms with Crippen molar-refractivity contribution in [2.45, 2.75) is 38.1 Å². The summed E-state index contributed by atoms with van der Waals surface area (Å²) in [6, 6.07) is -1.99. The number of pyridine rings is 1. The number of aromatic nitrogens is 2. The van der Waals surface area contributed by atoms with E-state index in [9.17, 15) is 56.0 Å². The second-order valence-electron chi connectivity index (χ2n) is 9.08.